The quantitative estimate of drug-likeness (QED) is 0.181. The molecule has 9 heteroatoms. The van der Waals surface area contributed by atoms with Crippen LogP contribution >= 0.6 is 12.2 Å². The highest BCUT2D eigenvalue weighted by molar-refractivity contribution is 7.80. The minimum Gasteiger partial charge on any atom is -0.497 e. The Hall–Kier alpha value is -4.76. The van der Waals surface area contributed by atoms with Crippen molar-refractivity contribution < 1.29 is 23.5 Å². The van der Waals surface area contributed by atoms with E-state index in [1.807, 2.05) is 48.7 Å². The highest BCUT2D eigenvalue weighted by Crippen LogP contribution is 2.28. The van der Waals surface area contributed by atoms with Crippen molar-refractivity contribution in [3.63, 3.8) is 0 Å². The molecule has 1 aliphatic rings. The van der Waals surface area contributed by atoms with Gasteiger partial charge < -0.3 is 14.0 Å². The predicted molar refractivity (Wildman–Crippen MR) is 155 cm³/mol. The van der Waals surface area contributed by atoms with E-state index in [0.717, 1.165) is 28.2 Å². The number of nitrogens with one attached hydrogen (secondary N) is 1. The molecule has 0 radical (unpaired) electrons. The van der Waals surface area contributed by atoms with Crippen LogP contribution in [0.15, 0.2) is 84.4 Å². The van der Waals surface area contributed by atoms with Gasteiger partial charge in [0.2, 0.25) is 0 Å². The van der Waals surface area contributed by atoms with Crippen molar-refractivity contribution in [1.29, 1.82) is 0 Å². The molecular formula is C31H26FN3O4S. The summed E-state index contributed by atoms with van der Waals surface area (Å²) in [5.41, 5.74) is 4.78. The third-order valence-corrected chi connectivity index (χ3v) is 6.90. The van der Waals surface area contributed by atoms with Crippen molar-refractivity contribution in [1.82, 2.24) is 9.88 Å². The second-order valence-electron chi connectivity index (χ2n) is 9.23. The van der Waals surface area contributed by atoms with E-state index in [-0.39, 0.29) is 16.5 Å². The molecule has 1 N–H and O–H groups in total. The minimum atomic E-state index is -0.549. The first-order valence-electron chi connectivity index (χ1n) is 12.5. The number of thiocarbonyl (C=S) groups is 1. The molecule has 2 amide bonds. The predicted octanol–water partition coefficient (Wildman–Crippen LogP) is 5.65. The van der Waals surface area contributed by atoms with E-state index < -0.39 is 11.8 Å². The summed E-state index contributed by atoms with van der Waals surface area (Å²) < 4.78 is 26.2. The summed E-state index contributed by atoms with van der Waals surface area (Å²) in [5.74, 6) is -0.0264. The van der Waals surface area contributed by atoms with E-state index in [1.54, 1.807) is 49.6 Å². The molecule has 1 aliphatic heterocycles. The molecule has 7 nitrogen and oxygen atoms in total. The van der Waals surface area contributed by atoms with Crippen molar-refractivity contribution in [2.45, 2.75) is 20.5 Å². The number of carbonyl (C=O) groups excluding carboxylic acids is 2. The lowest BCUT2D eigenvalue weighted by atomic mass is 10.1. The Labute approximate surface area is 236 Å². The molecule has 202 valence electrons. The van der Waals surface area contributed by atoms with Gasteiger partial charge in [-0.3, -0.25) is 19.8 Å². The molecule has 0 saturated carbocycles. The maximum atomic E-state index is 13.4. The van der Waals surface area contributed by atoms with Crippen LogP contribution in [0, 0.1) is 19.7 Å². The normalized spacial score (nSPS) is 14.4. The monoisotopic (exact) mass is 555 g/mol. The van der Waals surface area contributed by atoms with E-state index in [2.05, 4.69) is 5.32 Å². The number of nitrogens with zero attached hydrogens (tertiary/aromatic N) is 2. The SMILES string of the molecule is COc1ccc(N2C(=O)/C(=C/c3cc(C)n(-c4ccc(OCc5ccc(F)cc5)cc4)c3C)C(=O)NC2=S)cc1. The molecule has 1 fully saturated rings. The molecule has 0 aliphatic carbocycles. The fourth-order valence-electron chi connectivity index (χ4n) is 4.55. The topological polar surface area (TPSA) is 72.8 Å². The summed E-state index contributed by atoms with van der Waals surface area (Å²) in [6.07, 6.45) is 1.59. The van der Waals surface area contributed by atoms with E-state index in [9.17, 15) is 14.0 Å². The van der Waals surface area contributed by atoms with Gasteiger partial charge in [0, 0.05) is 17.1 Å². The Balaban J connectivity index is 1.38. The van der Waals surface area contributed by atoms with Crippen molar-refractivity contribution >= 4 is 40.9 Å². The van der Waals surface area contributed by atoms with Gasteiger partial charge in [-0.2, -0.15) is 0 Å². The molecule has 1 saturated heterocycles. The number of aryl methyl sites for hydroxylation is 1. The first-order valence-corrected chi connectivity index (χ1v) is 12.9. The molecule has 0 atom stereocenters. The highest BCUT2D eigenvalue weighted by atomic mass is 32.1. The van der Waals surface area contributed by atoms with Crippen molar-refractivity contribution in [2.24, 2.45) is 0 Å². The van der Waals surface area contributed by atoms with Crippen molar-refractivity contribution in [2.75, 3.05) is 12.0 Å². The Kier molecular flexibility index (Phi) is 7.48. The number of anilines is 1. The maximum absolute atomic E-state index is 13.4. The molecule has 1 aromatic heterocycles. The number of ether oxygens (including phenoxy) is 2. The Morgan fingerprint density at radius 2 is 1.52 bits per heavy atom. The molecule has 3 aromatic carbocycles. The van der Waals surface area contributed by atoms with Gasteiger partial charge in [0.25, 0.3) is 11.8 Å². The lowest BCUT2D eigenvalue weighted by Crippen LogP contribution is -2.54. The summed E-state index contributed by atoms with van der Waals surface area (Å²) in [6, 6.07) is 22.5. The molecule has 4 aromatic rings. The molecular weight excluding hydrogens is 529 g/mol. The molecule has 2 heterocycles. The molecule has 0 spiro atoms. The van der Waals surface area contributed by atoms with Gasteiger partial charge in [-0.1, -0.05) is 12.1 Å². The number of methoxy groups -OCH3 is 1. The third kappa shape index (κ3) is 5.37. The van der Waals surface area contributed by atoms with Crippen LogP contribution in [0.5, 0.6) is 11.5 Å². The van der Waals surface area contributed by atoms with Crippen LogP contribution in [-0.4, -0.2) is 28.6 Å². The molecule has 5 rings (SSSR count). The van der Waals surface area contributed by atoms with Crippen LogP contribution in [-0.2, 0) is 16.2 Å². The largest absolute Gasteiger partial charge is 0.497 e. The number of hydrogen-bond donors (Lipinski definition) is 1. The maximum Gasteiger partial charge on any atom is 0.270 e. The number of amides is 2. The fourth-order valence-corrected chi connectivity index (χ4v) is 4.83. The van der Waals surface area contributed by atoms with Crippen molar-refractivity contribution in [3.05, 3.63) is 113 Å². The fraction of sp³-hybridized carbons (Fsp3) is 0.129. The Morgan fingerprint density at radius 3 is 2.17 bits per heavy atom. The summed E-state index contributed by atoms with van der Waals surface area (Å²) in [6.45, 7) is 4.21. The summed E-state index contributed by atoms with van der Waals surface area (Å²) in [7, 11) is 1.56. The minimum absolute atomic E-state index is 0.0181. The second kappa shape index (κ2) is 11.2. The van der Waals surface area contributed by atoms with Crippen molar-refractivity contribution in [3.8, 4) is 17.2 Å². The first-order chi connectivity index (χ1) is 19.2. The van der Waals surface area contributed by atoms with Crippen LogP contribution in [0.25, 0.3) is 11.8 Å². The number of aromatic nitrogens is 1. The lowest BCUT2D eigenvalue weighted by Gasteiger charge is -2.29. The second-order valence-corrected chi connectivity index (χ2v) is 9.61. The van der Waals surface area contributed by atoms with Crippen LogP contribution in [0.3, 0.4) is 0 Å². The number of benzene rings is 3. The van der Waals surface area contributed by atoms with Crippen LogP contribution in [0.2, 0.25) is 0 Å². The zero-order valence-electron chi connectivity index (χ0n) is 22.1. The first kappa shape index (κ1) is 26.8. The van der Waals surface area contributed by atoms with Gasteiger partial charge in [0.1, 0.15) is 29.5 Å². The number of rotatable bonds is 7. The zero-order valence-corrected chi connectivity index (χ0v) is 22.9. The third-order valence-electron chi connectivity index (χ3n) is 6.62. The average Bonchev–Trinajstić information content (AvgIpc) is 3.23. The average molecular weight is 556 g/mol. The summed E-state index contributed by atoms with van der Waals surface area (Å²) in [5, 5.41) is 2.64. The van der Waals surface area contributed by atoms with Gasteiger partial charge in [-0.15, -0.1) is 0 Å². The summed E-state index contributed by atoms with van der Waals surface area (Å²) in [4.78, 5) is 27.5. The standard InChI is InChI=1S/C31H26FN3O4S/c1-19-16-22(17-28-29(36)33-31(40)35(30(28)37)25-8-12-26(38-3)13-9-25)20(2)34(19)24-10-14-27(15-11-24)39-18-21-4-6-23(32)7-5-21/h4-17H,18H2,1-3H3,(H,33,36,40)/b28-17+. The van der Waals surface area contributed by atoms with E-state index in [4.69, 9.17) is 21.7 Å². The van der Waals surface area contributed by atoms with Gasteiger partial charge in [0.05, 0.1) is 12.8 Å². The summed E-state index contributed by atoms with van der Waals surface area (Å²) >= 11 is 5.30. The van der Waals surface area contributed by atoms with Crippen LogP contribution < -0.4 is 19.7 Å². The van der Waals surface area contributed by atoms with Gasteiger partial charge >= 0.3 is 0 Å². The Morgan fingerprint density at radius 1 is 0.900 bits per heavy atom. The number of hydrogen-bond acceptors (Lipinski definition) is 5. The number of halogens is 1. The van der Waals surface area contributed by atoms with E-state index >= 15 is 0 Å². The number of carbonyl (C=O) groups is 2. The molecule has 40 heavy (non-hydrogen) atoms. The smallest absolute Gasteiger partial charge is 0.270 e. The highest BCUT2D eigenvalue weighted by Gasteiger charge is 2.34. The van der Waals surface area contributed by atoms with Gasteiger partial charge in [-0.25, -0.2) is 4.39 Å². The van der Waals surface area contributed by atoms with E-state index in [0.29, 0.717) is 23.8 Å². The van der Waals surface area contributed by atoms with Crippen LogP contribution in [0.4, 0.5) is 10.1 Å². The lowest BCUT2D eigenvalue weighted by molar-refractivity contribution is -0.122. The molecule has 0 bridgehead atoms. The van der Waals surface area contributed by atoms with Crippen LogP contribution in [0.1, 0.15) is 22.5 Å². The van der Waals surface area contributed by atoms with E-state index in [1.165, 1.54) is 17.0 Å². The van der Waals surface area contributed by atoms with Gasteiger partial charge in [0.15, 0.2) is 5.11 Å². The van der Waals surface area contributed by atoms with Gasteiger partial charge in [-0.05, 0) is 110 Å². The Bertz CT molecular complexity index is 1630. The zero-order chi connectivity index (χ0) is 28.4. The molecule has 0 unspecified atom stereocenters.